The van der Waals surface area contributed by atoms with E-state index in [-0.39, 0.29) is 0 Å². The van der Waals surface area contributed by atoms with Crippen LogP contribution < -0.4 is 4.74 Å². The van der Waals surface area contributed by atoms with Gasteiger partial charge in [-0.25, -0.2) is 4.98 Å². The predicted octanol–water partition coefficient (Wildman–Crippen LogP) is 3.79. The van der Waals surface area contributed by atoms with E-state index in [4.69, 9.17) is 27.9 Å². The van der Waals surface area contributed by atoms with Gasteiger partial charge >= 0.3 is 0 Å². The van der Waals surface area contributed by atoms with Crippen LogP contribution in [0.5, 0.6) is 5.88 Å². The summed E-state index contributed by atoms with van der Waals surface area (Å²) in [6, 6.07) is 8.48. The first kappa shape index (κ1) is 14.1. The number of methoxy groups -OCH3 is 1. The van der Waals surface area contributed by atoms with Gasteiger partial charge in [0.2, 0.25) is 5.88 Å². The molecule has 3 nitrogen and oxygen atoms in total. The van der Waals surface area contributed by atoms with Crippen LogP contribution in [0.3, 0.4) is 0 Å². The highest BCUT2D eigenvalue weighted by molar-refractivity contribution is 6.35. The third-order valence-corrected chi connectivity index (χ3v) is 3.42. The van der Waals surface area contributed by atoms with Gasteiger partial charge in [-0.2, -0.15) is 0 Å². The second kappa shape index (κ2) is 5.78. The Bertz CT molecular complexity index is 602. The number of halogens is 2. The second-order valence-electron chi connectivity index (χ2n) is 4.10. The Morgan fingerprint density at radius 3 is 2.42 bits per heavy atom. The molecule has 0 fully saturated rings. The van der Waals surface area contributed by atoms with Crippen LogP contribution >= 0.6 is 23.2 Å². The van der Waals surface area contributed by atoms with E-state index in [9.17, 15) is 5.11 Å². The van der Waals surface area contributed by atoms with Gasteiger partial charge in [0.15, 0.2) is 0 Å². The smallest absolute Gasteiger partial charge is 0.213 e. The number of pyridine rings is 1. The third kappa shape index (κ3) is 3.00. The second-order valence-corrected chi connectivity index (χ2v) is 4.94. The van der Waals surface area contributed by atoms with E-state index in [1.165, 1.54) is 0 Å². The molecule has 2 aromatic rings. The van der Waals surface area contributed by atoms with Crippen LogP contribution in [0.4, 0.5) is 0 Å². The maximum atomic E-state index is 10.4. The van der Waals surface area contributed by atoms with Gasteiger partial charge in [-0.15, -0.1) is 0 Å². The normalized spacial score (nSPS) is 12.3. The summed E-state index contributed by atoms with van der Waals surface area (Å²) >= 11 is 11.9. The zero-order chi connectivity index (χ0) is 14.0. The van der Waals surface area contributed by atoms with Crippen molar-refractivity contribution in [2.45, 2.75) is 13.0 Å². The molecule has 1 unspecified atom stereocenters. The number of benzene rings is 1. The van der Waals surface area contributed by atoms with Crippen LogP contribution in [0.2, 0.25) is 10.0 Å². The summed E-state index contributed by atoms with van der Waals surface area (Å²) in [7, 11) is 1.55. The van der Waals surface area contributed by atoms with Crippen LogP contribution in [0.15, 0.2) is 30.3 Å². The standard InChI is InChI=1S/C14H13Cl2NO2/c1-8-10(5-6-13(17-8)19-2)14(18)11-4-3-9(15)7-12(11)16/h3-7,14,18H,1-2H3. The molecular weight excluding hydrogens is 285 g/mol. The largest absolute Gasteiger partial charge is 0.481 e. The minimum Gasteiger partial charge on any atom is -0.481 e. The van der Waals surface area contributed by atoms with Gasteiger partial charge in [0.25, 0.3) is 0 Å². The summed E-state index contributed by atoms with van der Waals surface area (Å²) in [6.45, 7) is 1.81. The monoisotopic (exact) mass is 297 g/mol. The summed E-state index contributed by atoms with van der Waals surface area (Å²) in [5.41, 5.74) is 1.98. The molecule has 1 aromatic carbocycles. The Balaban J connectivity index is 2.41. The van der Waals surface area contributed by atoms with E-state index in [0.29, 0.717) is 32.7 Å². The fourth-order valence-electron chi connectivity index (χ4n) is 1.84. The zero-order valence-corrected chi connectivity index (χ0v) is 12.0. The van der Waals surface area contributed by atoms with E-state index in [1.54, 1.807) is 37.4 Å². The van der Waals surface area contributed by atoms with E-state index in [0.717, 1.165) is 0 Å². The van der Waals surface area contributed by atoms with Crippen LogP contribution in [0.25, 0.3) is 0 Å². The molecule has 0 bridgehead atoms. The fourth-order valence-corrected chi connectivity index (χ4v) is 2.35. The molecule has 5 heteroatoms. The summed E-state index contributed by atoms with van der Waals surface area (Å²) in [5.74, 6) is 0.510. The van der Waals surface area contributed by atoms with Gasteiger partial charge in [0.1, 0.15) is 6.10 Å². The average molecular weight is 298 g/mol. The lowest BCUT2D eigenvalue weighted by Crippen LogP contribution is -2.05. The number of hydrogen-bond acceptors (Lipinski definition) is 3. The van der Waals surface area contributed by atoms with Crippen molar-refractivity contribution < 1.29 is 9.84 Å². The first-order chi connectivity index (χ1) is 9.02. The Hall–Kier alpha value is -1.29. The van der Waals surface area contributed by atoms with Crippen LogP contribution in [0, 0.1) is 6.92 Å². The fraction of sp³-hybridized carbons (Fsp3) is 0.214. The van der Waals surface area contributed by atoms with Crippen LogP contribution in [0.1, 0.15) is 22.9 Å². The number of aryl methyl sites for hydroxylation is 1. The van der Waals surface area contributed by atoms with E-state index in [2.05, 4.69) is 4.98 Å². The molecule has 0 radical (unpaired) electrons. The molecule has 0 saturated heterocycles. The number of ether oxygens (including phenoxy) is 1. The molecule has 0 aliphatic rings. The number of aliphatic hydroxyl groups excluding tert-OH is 1. The van der Waals surface area contributed by atoms with Crippen molar-refractivity contribution in [3.63, 3.8) is 0 Å². The van der Waals surface area contributed by atoms with E-state index >= 15 is 0 Å². The first-order valence-corrected chi connectivity index (χ1v) is 6.43. The number of aliphatic hydroxyl groups is 1. The van der Waals surface area contributed by atoms with Gasteiger partial charge in [-0.05, 0) is 25.1 Å². The number of aromatic nitrogens is 1. The lowest BCUT2D eigenvalue weighted by Gasteiger charge is -2.15. The Morgan fingerprint density at radius 1 is 1.16 bits per heavy atom. The molecule has 0 spiro atoms. The highest BCUT2D eigenvalue weighted by Crippen LogP contribution is 2.31. The molecule has 2 rings (SSSR count). The topological polar surface area (TPSA) is 42.4 Å². The van der Waals surface area contributed by atoms with Crippen molar-refractivity contribution in [3.05, 3.63) is 57.2 Å². The van der Waals surface area contributed by atoms with Crippen molar-refractivity contribution in [2.24, 2.45) is 0 Å². The average Bonchev–Trinajstić information content (AvgIpc) is 2.37. The van der Waals surface area contributed by atoms with Crippen LogP contribution in [-0.2, 0) is 0 Å². The highest BCUT2D eigenvalue weighted by atomic mass is 35.5. The molecule has 1 heterocycles. The maximum absolute atomic E-state index is 10.4. The first-order valence-electron chi connectivity index (χ1n) is 5.67. The lowest BCUT2D eigenvalue weighted by atomic mass is 10.0. The summed E-state index contributed by atoms with van der Waals surface area (Å²) in [4.78, 5) is 4.23. The third-order valence-electron chi connectivity index (χ3n) is 2.86. The predicted molar refractivity (Wildman–Crippen MR) is 76.0 cm³/mol. The minimum atomic E-state index is -0.844. The molecule has 1 aromatic heterocycles. The van der Waals surface area contributed by atoms with Gasteiger partial charge in [0.05, 0.1) is 7.11 Å². The van der Waals surface area contributed by atoms with Gasteiger partial charge in [-0.3, -0.25) is 0 Å². The minimum absolute atomic E-state index is 0.426. The van der Waals surface area contributed by atoms with E-state index in [1.807, 2.05) is 6.92 Å². The molecule has 0 aliphatic carbocycles. The SMILES string of the molecule is COc1ccc(C(O)c2ccc(Cl)cc2Cl)c(C)n1. The molecule has 1 N–H and O–H groups in total. The molecule has 19 heavy (non-hydrogen) atoms. The highest BCUT2D eigenvalue weighted by Gasteiger charge is 2.17. The number of rotatable bonds is 3. The lowest BCUT2D eigenvalue weighted by molar-refractivity contribution is 0.219. The van der Waals surface area contributed by atoms with Crippen molar-refractivity contribution in [1.82, 2.24) is 4.98 Å². The number of hydrogen-bond donors (Lipinski definition) is 1. The quantitative estimate of drug-likeness (QED) is 0.937. The Kier molecular flexibility index (Phi) is 4.30. The molecular formula is C14H13Cl2NO2. The van der Waals surface area contributed by atoms with E-state index < -0.39 is 6.10 Å². The van der Waals surface area contributed by atoms with Crippen molar-refractivity contribution >= 4 is 23.2 Å². The zero-order valence-electron chi connectivity index (χ0n) is 10.5. The van der Waals surface area contributed by atoms with Gasteiger partial charge in [-0.1, -0.05) is 29.3 Å². The summed E-state index contributed by atoms with van der Waals surface area (Å²) in [5, 5.41) is 11.4. The summed E-state index contributed by atoms with van der Waals surface area (Å²) < 4.78 is 5.04. The number of nitrogens with zero attached hydrogens (tertiary/aromatic N) is 1. The maximum Gasteiger partial charge on any atom is 0.213 e. The molecule has 0 aliphatic heterocycles. The van der Waals surface area contributed by atoms with Gasteiger partial charge < -0.3 is 9.84 Å². The Labute approximate surface area is 121 Å². The molecule has 1 atom stereocenters. The molecule has 100 valence electrons. The van der Waals surface area contributed by atoms with Crippen LogP contribution in [-0.4, -0.2) is 17.2 Å². The Morgan fingerprint density at radius 2 is 1.84 bits per heavy atom. The van der Waals surface area contributed by atoms with Crippen molar-refractivity contribution in [2.75, 3.05) is 7.11 Å². The molecule has 0 saturated carbocycles. The molecule has 0 amide bonds. The summed E-state index contributed by atoms with van der Waals surface area (Å²) in [6.07, 6.45) is -0.844. The van der Waals surface area contributed by atoms with Crippen molar-refractivity contribution in [3.8, 4) is 5.88 Å². The van der Waals surface area contributed by atoms with Crippen molar-refractivity contribution in [1.29, 1.82) is 0 Å². The van der Waals surface area contributed by atoms with Gasteiger partial charge in [0, 0.05) is 32.9 Å².